The van der Waals surface area contributed by atoms with E-state index in [0.717, 1.165) is 28.0 Å². The third-order valence-corrected chi connectivity index (χ3v) is 5.77. The van der Waals surface area contributed by atoms with Gasteiger partial charge in [-0.15, -0.1) is 0 Å². The van der Waals surface area contributed by atoms with Crippen LogP contribution in [0.4, 0.5) is 4.79 Å². The summed E-state index contributed by atoms with van der Waals surface area (Å²) < 4.78 is 11.4. The van der Waals surface area contributed by atoms with Crippen molar-refractivity contribution >= 4 is 29.0 Å². The molecule has 0 radical (unpaired) electrons. The number of ether oxygens (including phenoxy) is 2. The van der Waals surface area contributed by atoms with E-state index in [-0.39, 0.29) is 17.7 Å². The highest BCUT2D eigenvalue weighted by atomic mass is 32.2. The lowest BCUT2D eigenvalue weighted by atomic mass is 10.1. The molecule has 7 heteroatoms. The van der Waals surface area contributed by atoms with Crippen LogP contribution in [0.2, 0.25) is 0 Å². The molecule has 3 aromatic rings. The molecule has 0 saturated carbocycles. The standard InChI is InChI=1S/C26H20N2O4S/c27-17-20-8-4-5-9-21(20)18-28-25(29)24(33-26(28)30)16-19-7-6-12-23(15-19)32-14-13-31-22-10-2-1-3-11-22/h1-12,15-16H,13-14,18H2/b24-16+. The first-order valence-electron chi connectivity index (χ1n) is 10.3. The van der Waals surface area contributed by atoms with Crippen molar-refractivity contribution in [3.63, 3.8) is 0 Å². The molecule has 4 rings (SSSR count). The summed E-state index contributed by atoms with van der Waals surface area (Å²) in [7, 11) is 0. The Hall–Kier alpha value is -4.02. The van der Waals surface area contributed by atoms with Crippen LogP contribution in [0.15, 0.2) is 83.8 Å². The largest absolute Gasteiger partial charge is 0.490 e. The fourth-order valence-corrected chi connectivity index (χ4v) is 4.09. The minimum absolute atomic E-state index is 0.0658. The third kappa shape index (κ3) is 5.62. The van der Waals surface area contributed by atoms with Crippen molar-refractivity contribution in [2.24, 2.45) is 0 Å². The number of benzene rings is 3. The molecule has 2 amide bonds. The second kappa shape index (κ2) is 10.5. The van der Waals surface area contributed by atoms with Crippen LogP contribution < -0.4 is 9.47 Å². The molecule has 1 aliphatic heterocycles. The van der Waals surface area contributed by atoms with Gasteiger partial charge in [0.25, 0.3) is 11.1 Å². The molecular weight excluding hydrogens is 436 g/mol. The number of amides is 2. The van der Waals surface area contributed by atoms with Crippen LogP contribution in [0.3, 0.4) is 0 Å². The first-order chi connectivity index (χ1) is 16.1. The van der Waals surface area contributed by atoms with Crippen LogP contribution in [0.1, 0.15) is 16.7 Å². The van der Waals surface area contributed by atoms with Crippen LogP contribution in [0.25, 0.3) is 6.08 Å². The van der Waals surface area contributed by atoms with Gasteiger partial charge >= 0.3 is 0 Å². The van der Waals surface area contributed by atoms with Gasteiger partial charge in [-0.2, -0.15) is 5.26 Å². The highest BCUT2D eigenvalue weighted by molar-refractivity contribution is 8.18. The Morgan fingerprint density at radius 1 is 0.879 bits per heavy atom. The van der Waals surface area contributed by atoms with E-state index in [1.807, 2.05) is 54.6 Å². The number of nitriles is 1. The smallest absolute Gasteiger partial charge is 0.293 e. The maximum Gasteiger partial charge on any atom is 0.293 e. The zero-order valence-electron chi connectivity index (χ0n) is 17.6. The SMILES string of the molecule is N#Cc1ccccc1CN1C(=O)S/C(=C/c2cccc(OCCOc3ccccc3)c2)C1=O. The summed E-state index contributed by atoms with van der Waals surface area (Å²) in [5, 5.41) is 8.90. The van der Waals surface area contributed by atoms with Crippen molar-refractivity contribution in [1.29, 1.82) is 5.26 Å². The van der Waals surface area contributed by atoms with Crippen molar-refractivity contribution in [2.75, 3.05) is 13.2 Å². The number of para-hydroxylation sites is 1. The summed E-state index contributed by atoms with van der Waals surface area (Å²) in [4.78, 5) is 26.8. The Kier molecular flexibility index (Phi) is 7.08. The molecule has 6 nitrogen and oxygen atoms in total. The number of carbonyl (C=O) groups excluding carboxylic acids is 2. The van der Waals surface area contributed by atoms with Gasteiger partial charge in [0.15, 0.2) is 0 Å². The minimum Gasteiger partial charge on any atom is -0.490 e. The predicted octanol–water partition coefficient (Wildman–Crippen LogP) is 5.25. The summed E-state index contributed by atoms with van der Waals surface area (Å²) in [5.74, 6) is 1.05. The van der Waals surface area contributed by atoms with Crippen molar-refractivity contribution in [3.8, 4) is 17.6 Å². The number of nitrogens with zero attached hydrogens (tertiary/aromatic N) is 2. The normalized spacial score (nSPS) is 14.4. The summed E-state index contributed by atoms with van der Waals surface area (Å²) in [6.45, 7) is 0.834. The predicted molar refractivity (Wildman–Crippen MR) is 127 cm³/mol. The van der Waals surface area contributed by atoms with Crippen LogP contribution in [-0.4, -0.2) is 29.3 Å². The van der Waals surface area contributed by atoms with Crippen LogP contribution >= 0.6 is 11.8 Å². The molecule has 0 unspecified atom stereocenters. The topological polar surface area (TPSA) is 79.6 Å². The minimum atomic E-state index is -0.375. The lowest BCUT2D eigenvalue weighted by Crippen LogP contribution is -2.27. The summed E-state index contributed by atoms with van der Waals surface area (Å²) in [6.07, 6.45) is 1.68. The van der Waals surface area contributed by atoms with Gasteiger partial charge in [-0.05, 0) is 59.3 Å². The first kappa shape index (κ1) is 22.2. The molecule has 3 aromatic carbocycles. The van der Waals surface area contributed by atoms with E-state index in [1.165, 1.54) is 0 Å². The second-order valence-electron chi connectivity index (χ2n) is 7.12. The van der Waals surface area contributed by atoms with Gasteiger partial charge in [0.05, 0.1) is 23.1 Å². The molecule has 0 aliphatic carbocycles. The molecule has 1 heterocycles. The van der Waals surface area contributed by atoms with Crippen molar-refractivity contribution in [2.45, 2.75) is 6.54 Å². The molecule has 0 aromatic heterocycles. The van der Waals surface area contributed by atoms with Crippen LogP contribution in [0, 0.1) is 11.3 Å². The Bertz CT molecular complexity index is 1230. The fraction of sp³-hybridized carbons (Fsp3) is 0.115. The van der Waals surface area contributed by atoms with E-state index in [4.69, 9.17) is 9.47 Å². The number of carbonyl (C=O) groups is 2. The highest BCUT2D eigenvalue weighted by Crippen LogP contribution is 2.34. The van der Waals surface area contributed by atoms with Crippen molar-refractivity contribution in [3.05, 3.63) is 100 Å². The van der Waals surface area contributed by atoms with E-state index in [2.05, 4.69) is 6.07 Å². The maximum absolute atomic E-state index is 12.8. The van der Waals surface area contributed by atoms with Crippen molar-refractivity contribution < 1.29 is 19.1 Å². The van der Waals surface area contributed by atoms with E-state index < -0.39 is 0 Å². The molecular formula is C26H20N2O4S. The maximum atomic E-state index is 12.8. The number of hydrogen-bond acceptors (Lipinski definition) is 6. The van der Waals surface area contributed by atoms with E-state index in [9.17, 15) is 14.9 Å². The van der Waals surface area contributed by atoms with Crippen LogP contribution in [0.5, 0.6) is 11.5 Å². The molecule has 0 bridgehead atoms. The molecule has 1 saturated heterocycles. The van der Waals surface area contributed by atoms with Gasteiger partial charge in [0.1, 0.15) is 24.7 Å². The first-order valence-corrected chi connectivity index (χ1v) is 11.1. The highest BCUT2D eigenvalue weighted by Gasteiger charge is 2.35. The van der Waals surface area contributed by atoms with Gasteiger partial charge in [-0.1, -0.05) is 48.5 Å². The summed E-state index contributed by atoms with van der Waals surface area (Å²) in [6, 6.07) is 25.8. The lowest BCUT2D eigenvalue weighted by Gasteiger charge is -2.13. The van der Waals surface area contributed by atoms with E-state index >= 15 is 0 Å². The number of hydrogen-bond donors (Lipinski definition) is 0. The monoisotopic (exact) mass is 456 g/mol. The van der Waals surface area contributed by atoms with Crippen LogP contribution in [-0.2, 0) is 11.3 Å². The molecule has 164 valence electrons. The lowest BCUT2D eigenvalue weighted by molar-refractivity contribution is -0.123. The third-order valence-electron chi connectivity index (χ3n) is 4.86. The molecule has 0 atom stereocenters. The quantitative estimate of drug-likeness (QED) is 0.340. The summed E-state index contributed by atoms with van der Waals surface area (Å²) >= 11 is 0.889. The van der Waals surface area contributed by atoms with E-state index in [1.54, 1.807) is 30.3 Å². The summed E-state index contributed by atoms with van der Waals surface area (Å²) in [5.41, 5.74) is 1.83. The Balaban J connectivity index is 1.39. The zero-order valence-corrected chi connectivity index (χ0v) is 18.5. The average Bonchev–Trinajstić information content (AvgIpc) is 3.10. The zero-order chi connectivity index (χ0) is 23.0. The molecule has 1 fully saturated rings. The van der Waals surface area contributed by atoms with Gasteiger partial charge in [-0.3, -0.25) is 14.5 Å². The average molecular weight is 457 g/mol. The van der Waals surface area contributed by atoms with Gasteiger partial charge in [0.2, 0.25) is 0 Å². The second-order valence-corrected chi connectivity index (χ2v) is 8.11. The van der Waals surface area contributed by atoms with Gasteiger partial charge in [0, 0.05) is 0 Å². The number of thioether (sulfide) groups is 1. The molecule has 1 aliphatic rings. The Labute approximate surface area is 196 Å². The van der Waals surface area contributed by atoms with Crippen molar-refractivity contribution in [1.82, 2.24) is 4.90 Å². The van der Waals surface area contributed by atoms with Gasteiger partial charge < -0.3 is 9.47 Å². The van der Waals surface area contributed by atoms with E-state index in [0.29, 0.717) is 35.0 Å². The van der Waals surface area contributed by atoms with Gasteiger partial charge in [-0.25, -0.2) is 0 Å². The Morgan fingerprint density at radius 3 is 2.36 bits per heavy atom. The molecule has 33 heavy (non-hydrogen) atoms. The molecule has 0 spiro atoms. The fourth-order valence-electron chi connectivity index (χ4n) is 3.26. The molecule has 0 N–H and O–H groups in total. The number of imide groups is 1. The number of rotatable bonds is 8. The Morgan fingerprint density at radius 2 is 1.58 bits per heavy atom.